The van der Waals surface area contributed by atoms with E-state index in [-0.39, 0.29) is 0 Å². The maximum Gasteiger partial charge on any atom is 0.0302 e. The minimum Gasteiger partial charge on any atom is -0.309 e. The fraction of sp³-hybridized carbons (Fsp3) is 0.714. The van der Waals surface area contributed by atoms with Crippen molar-refractivity contribution in [3.8, 4) is 0 Å². The van der Waals surface area contributed by atoms with Crippen molar-refractivity contribution in [3.05, 3.63) is 21.9 Å². The van der Waals surface area contributed by atoms with E-state index >= 15 is 0 Å². The Kier molecular flexibility index (Phi) is 6.74. The van der Waals surface area contributed by atoms with Crippen LogP contribution in [0.5, 0.6) is 0 Å². The van der Waals surface area contributed by atoms with Crippen molar-refractivity contribution in [2.24, 2.45) is 0 Å². The molecule has 1 aromatic heterocycles. The predicted molar refractivity (Wildman–Crippen MR) is 74.1 cm³/mol. The van der Waals surface area contributed by atoms with Crippen LogP contribution >= 0.6 is 11.3 Å². The Morgan fingerprint density at radius 3 is 2.56 bits per heavy atom. The van der Waals surface area contributed by atoms with Crippen LogP contribution in [0, 0.1) is 0 Å². The third-order valence-corrected chi connectivity index (χ3v) is 4.16. The Morgan fingerprint density at radius 1 is 1.19 bits per heavy atom. The quantitative estimate of drug-likeness (QED) is 0.664. The molecule has 1 atom stereocenters. The molecule has 2 heteroatoms. The van der Waals surface area contributed by atoms with Gasteiger partial charge in [0.15, 0.2) is 0 Å². The second-order valence-corrected chi connectivity index (χ2v) is 5.75. The SMILES string of the molecule is CCCCCC(C)NCc1ccc(CC)s1. The first-order valence-corrected chi connectivity index (χ1v) is 7.38. The van der Waals surface area contributed by atoms with Gasteiger partial charge in [-0.05, 0) is 31.9 Å². The largest absolute Gasteiger partial charge is 0.309 e. The van der Waals surface area contributed by atoms with Crippen molar-refractivity contribution in [2.45, 2.75) is 65.5 Å². The lowest BCUT2D eigenvalue weighted by Gasteiger charge is -2.12. The lowest BCUT2D eigenvalue weighted by atomic mass is 10.1. The maximum atomic E-state index is 3.61. The molecule has 0 aromatic carbocycles. The topological polar surface area (TPSA) is 12.0 Å². The van der Waals surface area contributed by atoms with Crippen molar-refractivity contribution in [2.75, 3.05) is 0 Å². The lowest BCUT2D eigenvalue weighted by molar-refractivity contribution is 0.489. The Hall–Kier alpha value is -0.340. The van der Waals surface area contributed by atoms with E-state index in [4.69, 9.17) is 0 Å². The molecule has 1 N–H and O–H groups in total. The van der Waals surface area contributed by atoms with E-state index in [0.29, 0.717) is 6.04 Å². The van der Waals surface area contributed by atoms with Gasteiger partial charge in [0.1, 0.15) is 0 Å². The van der Waals surface area contributed by atoms with Gasteiger partial charge in [-0.2, -0.15) is 0 Å². The number of thiophene rings is 1. The summed E-state index contributed by atoms with van der Waals surface area (Å²) in [4.78, 5) is 2.97. The van der Waals surface area contributed by atoms with Crippen LogP contribution in [0.2, 0.25) is 0 Å². The minimum atomic E-state index is 0.652. The fourth-order valence-electron chi connectivity index (χ4n) is 1.78. The van der Waals surface area contributed by atoms with Crippen molar-refractivity contribution in [3.63, 3.8) is 0 Å². The summed E-state index contributed by atoms with van der Waals surface area (Å²) < 4.78 is 0. The van der Waals surface area contributed by atoms with Crippen LogP contribution in [-0.2, 0) is 13.0 Å². The molecule has 92 valence electrons. The third kappa shape index (κ3) is 5.13. The molecule has 0 radical (unpaired) electrons. The van der Waals surface area contributed by atoms with Crippen molar-refractivity contribution in [1.29, 1.82) is 0 Å². The van der Waals surface area contributed by atoms with E-state index in [1.54, 1.807) is 0 Å². The number of hydrogen-bond donors (Lipinski definition) is 1. The number of nitrogens with one attached hydrogen (secondary N) is 1. The van der Waals surface area contributed by atoms with Crippen LogP contribution in [0.3, 0.4) is 0 Å². The highest BCUT2D eigenvalue weighted by Gasteiger charge is 2.02. The monoisotopic (exact) mass is 239 g/mol. The number of unbranched alkanes of at least 4 members (excludes halogenated alkanes) is 2. The normalized spacial score (nSPS) is 12.9. The highest BCUT2D eigenvalue weighted by molar-refractivity contribution is 7.11. The first kappa shape index (κ1) is 13.7. The standard InChI is InChI=1S/C14H25NS/c1-4-6-7-8-12(3)15-11-14-10-9-13(5-2)16-14/h9-10,12,15H,4-8,11H2,1-3H3. The van der Waals surface area contributed by atoms with E-state index < -0.39 is 0 Å². The molecule has 1 rings (SSSR count). The van der Waals surface area contributed by atoms with Gasteiger partial charge in [0.05, 0.1) is 0 Å². The summed E-state index contributed by atoms with van der Waals surface area (Å²) in [5, 5.41) is 3.61. The molecule has 0 aliphatic rings. The fourth-order valence-corrected chi connectivity index (χ4v) is 2.69. The second-order valence-electron chi connectivity index (χ2n) is 4.50. The van der Waals surface area contributed by atoms with Crippen LogP contribution in [0.15, 0.2) is 12.1 Å². The van der Waals surface area contributed by atoms with E-state index in [2.05, 4.69) is 38.2 Å². The van der Waals surface area contributed by atoms with Gasteiger partial charge < -0.3 is 5.32 Å². The Balaban J connectivity index is 2.18. The summed E-state index contributed by atoms with van der Waals surface area (Å²) in [6.45, 7) is 7.81. The summed E-state index contributed by atoms with van der Waals surface area (Å²) in [6, 6.07) is 5.16. The molecule has 1 aromatic rings. The van der Waals surface area contributed by atoms with Crippen molar-refractivity contribution in [1.82, 2.24) is 5.32 Å². The Labute approximate surface area is 104 Å². The molecular formula is C14H25NS. The Morgan fingerprint density at radius 2 is 1.94 bits per heavy atom. The van der Waals surface area contributed by atoms with Gasteiger partial charge in [0.2, 0.25) is 0 Å². The molecule has 16 heavy (non-hydrogen) atoms. The average molecular weight is 239 g/mol. The summed E-state index contributed by atoms with van der Waals surface area (Å²) in [6.07, 6.45) is 6.51. The minimum absolute atomic E-state index is 0.652. The van der Waals surface area contributed by atoms with Gasteiger partial charge >= 0.3 is 0 Å². The molecule has 0 fully saturated rings. The molecule has 0 amide bonds. The van der Waals surface area contributed by atoms with E-state index in [0.717, 1.165) is 13.0 Å². The lowest BCUT2D eigenvalue weighted by Crippen LogP contribution is -2.24. The Bertz CT molecular complexity index is 280. The van der Waals surface area contributed by atoms with Crippen LogP contribution in [0.25, 0.3) is 0 Å². The summed E-state index contributed by atoms with van der Waals surface area (Å²) in [5.74, 6) is 0. The van der Waals surface area contributed by atoms with Crippen LogP contribution in [0.4, 0.5) is 0 Å². The smallest absolute Gasteiger partial charge is 0.0302 e. The van der Waals surface area contributed by atoms with E-state index in [1.165, 1.54) is 35.4 Å². The van der Waals surface area contributed by atoms with Crippen molar-refractivity contribution < 1.29 is 0 Å². The molecule has 0 saturated carbocycles. The molecule has 1 heterocycles. The summed E-state index contributed by atoms with van der Waals surface area (Å²) >= 11 is 1.94. The van der Waals surface area contributed by atoms with Gasteiger partial charge in [-0.25, -0.2) is 0 Å². The van der Waals surface area contributed by atoms with Crippen LogP contribution < -0.4 is 5.32 Å². The molecule has 0 spiro atoms. The number of rotatable bonds is 8. The van der Waals surface area contributed by atoms with Gasteiger partial charge in [0.25, 0.3) is 0 Å². The maximum absolute atomic E-state index is 3.61. The first-order valence-electron chi connectivity index (χ1n) is 6.57. The third-order valence-electron chi connectivity index (χ3n) is 2.93. The average Bonchev–Trinajstić information content (AvgIpc) is 2.74. The van der Waals surface area contributed by atoms with Crippen LogP contribution in [-0.4, -0.2) is 6.04 Å². The van der Waals surface area contributed by atoms with Gasteiger partial charge in [-0.1, -0.05) is 33.1 Å². The number of aryl methyl sites for hydroxylation is 1. The zero-order chi connectivity index (χ0) is 11.8. The zero-order valence-electron chi connectivity index (χ0n) is 10.9. The highest BCUT2D eigenvalue weighted by Crippen LogP contribution is 2.16. The summed E-state index contributed by atoms with van der Waals surface area (Å²) in [7, 11) is 0. The van der Waals surface area contributed by atoms with Gasteiger partial charge in [-0.3, -0.25) is 0 Å². The molecule has 0 saturated heterocycles. The van der Waals surface area contributed by atoms with Gasteiger partial charge in [0, 0.05) is 22.3 Å². The molecule has 0 bridgehead atoms. The van der Waals surface area contributed by atoms with E-state index in [1.807, 2.05) is 11.3 Å². The molecular weight excluding hydrogens is 214 g/mol. The van der Waals surface area contributed by atoms with E-state index in [9.17, 15) is 0 Å². The predicted octanol–water partition coefficient (Wildman–Crippen LogP) is 4.37. The number of hydrogen-bond acceptors (Lipinski definition) is 2. The van der Waals surface area contributed by atoms with Gasteiger partial charge in [-0.15, -0.1) is 11.3 Å². The molecule has 1 nitrogen and oxygen atoms in total. The molecule has 0 aliphatic heterocycles. The summed E-state index contributed by atoms with van der Waals surface area (Å²) in [5.41, 5.74) is 0. The zero-order valence-corrected chi connectivity index (χ0v) is 11.7. The second kappa shape index (κ2) is 7.86. The van der Waals surface area contributed by atoms with Crippen LogP contribution in [0.1, 0.15) is 56.2 Å². The highest BCUT2D eigenvalue weighted by atomic mass is 32.1. The first-order chi connectivity index (χ1) is 7.76. The molecule has 1 unspecified atom stereocenters. The molecule has 0 aliphatic carbocycles. The van der Waals surface area contributed by atoms with Crippen molar-refractivity contribution >= 4 is 11.3 Å².